The Bertz CT molecular complexity index is 951. The van der Waals surface area contributed by atoms with Crippen molar-refractivity contribution in [2.24, 2.45) is 0 Å². The molecule has 2 rings (SSSR count). The summed E-state index contributed by atoms with van der Waals surface area (Å²) in [6.07, 6.45) is -1.20. The monoisotopic (exact) mass is 549 g/mol. The van der Waals surface area contributed by atoms with Gasteiger partial charge in [0.05, 0.1) is 25.3 Å². The van der Waals surface area contributed by atoms with Crippen LogP contribution in [-0.4, -0.2) is 70.9 Å². The van der Waals surface area contributed by atoms with Crippen molar-refractivity contribution in [2.75, 3.05) is 25.1 Å². The molecule has 0 N–H and O–H groups in total. The predicted molar refractivity (Wildman–Crippen MR) is 123 cm³/mol. The summed E-state index contributed by atoms with van der Waals surface area (Å²) in [5, 5.41) is 4.36. The van der Waals surface area contributed by atoms with E-state index >= 15 is 0 Å². The maximum Gasteiger partial charge on any atom is 0.414 e. The molecule has 10 nitrogen and oxygen atoms in total. The van der Waals surface area contributed by atoms with Crippen molar-refractivity contribution in [3.63, 3.8) is 0 Å². The average Bonchev–Trinajstić information content (AvgIpc) is 3.23. The highest BCUT2D eigenvalue weighted by molar-refractivity contribution is 9.10. The molecule has 13 heteroatoms. The summed E-state index contributed by atoms with van der Waals surface area (Å²) in [6, 6.07) is -1.28. The minimum absolute atomic E-state index is 0.0485. The van der Waals surface area contributed by atoms with Crippen molar-refractivity contribution in [3.8, 4) is 0 Å². The van der Waals surface area contributed by atoms with Gasteiger partial charge in [0, 0.05) is 13.6 Å². The highest BCUT2D eigenvalue weighted by Gasteiger charge is 2.41. The van der Waals surface area contributed by atoms with Crippen molar-refractivity contribution in [1.29, 1.82) is 0 Å². The van der Waals surface area contributed by atoms with E-state index in [9.17, 15) is 18.4 Å². The zero-order valence-corrected chi connectivity index (χ0v) is 21.9. The topological polar surface area (TPSA) is 90.5 Å². The zero-order valence-electron chi connectivity index (χ0n) is 20.3. The number of carbonyl (C=O) groups is 2. The molecule has 1 aliphatic heterocycles. The molecule has 1 fully saturated rings. The Kier molecular flexibility index (Phi) is 8.53. The standard InChI is InChI=1S/C21H30BrF2N5O5/c1-20(2,3)33-18(30)27(8)16-14(25-7)15(22)26-29(16)12-9-13(11-32-17(23)24)28(10-12)19(31)34-21(4,5)6/h12-13,17H,9-11H2,1-6,8H3/t12-,13+/m0/s1. The fourth-order valence-electron chi connectivity index (χ4n) is 3.43. The van der Waals surface area contributed by atoms with Gasteiger partial charge in [0.2, 0.25) is 0 Å². The van der Waals surface area contributed by atoms with Gasteiger partial charge in [0.1, 0.15) is 21.6 Å². The molecule has 1 saturated heterocycles. The first-order valence-corrected chi connectivity index (χ1v) is 11.3. The van der Waals surface area contributed by atoms with Crippen LogP contribution in [0.2, 0.25) is 0 Å². The molecule has 34 heavy (non-hydrogen) atoms. The van der Waals surface area contributed by atoms with Crippen LogP contribution >= 0.6 is 15.9 Å². The van der Waals surface area contributed by atoms with E-state index in [0.29, 0.717) is 0 Å². The van der Waals surface area contributed by atoms with Gasteiger partial charge in [-0.2, -0.15) is 13.9 Å². The number of hydrogen-bond acceptors (Lipinski definition) is 6. The number of ether oxygens (including phenoxy) is 3. The minimum atomic E-state index is -3.00. The number of hydrogen-bond donors (Lipinski definition) is 0. The van der Waals surface area contributed by atoms with Gasteiger partial charge in [0.25, 0.3) is 5.69 Å². The third kappa shape index (κ3) is 7.02. The summed E-state index contributed by atoms with van der Waals surface area (Å²) in [5.74, 6) is 0.153. The molecule has 0 aromatic carbocycles. The predicted octanol–water partition coefficient (Wildman–Crippen LogP) is 5.36. The lowest BCUT2D eigenvalue weighted by molar-refractivity contribution is -0.138. The molecule has 0 bridgehead atoms. The van der Waals surface area contributed by atoms with Gasteiger partial charge in [-0.3, -0.25) is 9.58 Å². The Morgan fingerprint density at radius 3 is 2.32 bits per heavy atom. The number of carbonyl (C=O) groups excluding carboxylic acids is 2. The lowest BCUT2D eigenvalue weighted by Crippen LogP contribution is -2.42. The summed E-state index contributed by atoms with van der Waals surface area (Å²) in [6.45, 7) is 14.4. The van der Waals surface area contributed by atoms with Crippen LogP contribution in [0.15, 0.2) is 4.60 Å². The highest BCUT2D eigenvalue weighted by Crippen LogP contribution is 2.41. The maximum absolute atomic E-state index is 12.8. The van der Waals surface area contributed by atoms with Gasteiger partial charge < -0.3 is 19.1 Å². The summed E-state index contributed by atoms with van der Waals surface area (Å²) in [7, 11) is 1.45. The van der Waals surface area contributed by atoms with Gasteiger partial charge in [-0.05, 0) is 63.9 Å². The SMILES string of the molecule is [C-]#[N+]c1c(Br)nn([C@H]2C[C@H](COC(F)F)N(C(=O)OC(C)(C)C)C2)c1N(C)C(=O)OC(C)(C)C. The van der Waals surface area contributed by atoms with E-state index in [0.717, 1.165) is 4.90 Å². The van der Waals surface area contributed by atoms with E-state index in [1.807, 2.05) is 0 Å². The molecule has 1 aromatic heterocycles. The number of alkyl halides is 2. The van der Waals surface area contributed by atoms with Crippen molar-refractivity contribution in [2.45, 2.75) is 77.9 Å². The first-order valence-electron chi connectivity index (χ1n) is 10.6. The van der Waals surface area contributed by atoms with E-state index in [1.165, 1.54) is 16.6 Å². The number of amides is 2. The van der Waals surface area contributed by atoms with Crippen LogP contribution < -0.4 is 4.90 Å². The first-order chi connectivity index (χ1) is 15.5. The molecule has 2 amide bonds. The molecule has 0 unspecified atom stereocenters. The average molecular weight is 550 g/mol. The molecule has 2 atom stereocenters. The minimum Gasteiger partial charge on any atom is -0.444 e. The summed E-state index contributed by atoms with van der Waals surface area (Å²) in [5.41, 5.74) is -1.49. The van der Waals surface area contributed by atoms with Gasteiger partial charge in [-0.1, -0.05) is 0 Å². The van der Waals surface area contributed by atoms with Crippen molar-refractivity contribution >= 4 is 39.6 Å². The molecule has 0 spiro atoms. The van der Waals surface area contributed by atoms with Crippen LogP contribution in [0.1, 0.15) is 54.0 Å². The lowest BCUT2D eigenvalue weighted by atomic mass is 10.2. The third-order valence-corrected chi connectivity index (χ3v) is 5.23. The fourth-order valence-corrected chi connectivity index (χ4v) is 3.86. The number of anilines is 1. The third-order valence-electron chi connectivity index (χ3n) is 4.70. The smallest absolute Gasteiger partial charge is 0.414 e. The Morgan fingerprint density at radius 1 is 1.24 bits per heavy atom. The molecule has 0 saturated carbocycles. The number of halogens is 3. The number of nitrogens with zero attached hydrogens (tertiary/aromatic N) is 5. The molecule has 2 heterocycles. The Hall–Kier alpha value is -2.46. The Balaban J connectivity index is 2.42. The summed E-state index contributed by atoms with van der Waals surface area (Å²) < 4.78 is 42.4. The quantitative estimate of drug-likeness (QED) is 0.459. The number of rotatable bonds is 5. The maximum atomic E-state index is 12.8. The van der Waals surface area contributed by atoms with Crippen LogP contribution in [0.5, 0.6) is 0 Å². The van der Waals surface area contributed by atoms with Gasteiger partial charge in [-0.15, -0.1) is 0 Å². The largest absolute Gasteiger partial charge is 0.444 e. The zero-order chi connectivity index (χ0) is 26.0. The van der Waals surface area contributed by atoms with Gasteiger partial charge in [-0.25, -0.2) is 14.4 Å². The van der Waals surface area contributed by atoms with Crippen molar-refractivity contribution in [1.82, 2.24) is 14.7 Å². The molecule has 190 valence electrons. The second-order valence-electron chi connectivity index (χ2n) is 9.83. The highest BCUT2D eigenvalue weighted by atomic mass is 79.9. The second-order valence-corrected chi connectivity index (χ2v) is 10.6. The van der Waals surface area contributed by atoms with Gasteiger partial charge in [0.15, 0.2) is 0 Å². The van der Waals surface area contributed by atoms with E-state index in [1.54, 1.807) is 41.5 Å². The summed E-state index contributed by atoms with van der Waals surface area (Å²) >= 11 is 3.25. The van der Waals surface area contributed by atoms with E-state index in [4.69, 9.17) is 16.0 Å². The van der Waals surface area contributed by atoms with Crippen LogP contribution in [0.3, 0.4) is 0 Å². The molecular formula is C21H30BrF2N5O5. The molecule has 1 aliphatic rings. The van der Waals surface area contributed by atoms with Crippen molar-refractivity contribution in [3.05, 3.63) is 16.0 Å². The van der Waals surface area contributed by atoms with Crippen LogP contribution in [0.4, 0.5) is 29.9 Å². The van der Waals surface area contributed by atoms with Gasteiger partial charge >= 0.3 is 18.8 Å². The molecule has 0 aliphatic carbocycles. The summed E-state index contributed by atoms with van der Waals surface area (Å²) in [4.78, 5) is 31.5. The van der Waals surface area contributed by atoms with E-state index < -0.39 is 48.7 Å². The number of aromatic nitrogens is 2. The Morgan fingerprint density at radius 2 is 1.82 bits per heavy atom. The van der Waals surface area contributed by atoms with Crippen LogP contribution in [-0.2, 0) is 14.2 Å². The second kappa shape index (κ2) is 10.4. The molecular weight excluding hydrogens is 520 g/mol. The van der Waals surface area contributed by atoms with E-state index in [2.05, 4.69) is 30.6 Å². The van der Waals surface area contributed by atoms with Crippen LogP contribution in [0.25, 0.3) is 4.85 Å². The first kappa shape index (κ1) is 27.8. The molecule has 1 aromatic rings. The van der Waals surface area contributed by atoms with E-state index in [-0.39, 0.29) is 29.1 Å². The molecule has 0 radical (unpaired) electrons. The lowest BCUT2D eigenvalue weighted by Gasteiger charge is -2.28. The Labute approximate surface area is 206 Å². The van der Waals surface area contributed by atoms with Crippen molar-refractivity contribution < 1.29 is 32.6 Å². The number of likely N-dealkylation sites (tertiary alicyclic amines) is 1. The normalized spacial score (nSPS) is 18.7. The fraction of sp³-hybridized carbons (Fsp3) is 0.714. The van der Waals surface area contributed by atoms with Crippen LogP contribution in [0, 0.1) is 6.57 Å².